The Kier molecular flexibility index (Phi) is 2.53. The number of hydrogen-bond donors (Lipinski definition) is 0. The van der Waals surface area contributed by atoms with Crippen molar-refractivity contribution in [1.82, 2.24) is 0 Å². The van der Waals surface area contributed by atoms with Gasteiger partial charge in [-0.05, 0) is 32.8 Å². The minimum atomic E-state index is -1.14. The van der Waals surface area contributed by atoms with E-state index >= 15 is 0 Å². The third-order valence-corrected chi connectivity index (χ3v) is 4.13. The van der Waals surface area contributed by atoms with E-state index in [-0.39, 0.29) is 6.61 Å². The Morgan fingerprint density at radius 1 is 1.25 bits per heavy atom. The van der Waals surface area contributed by atoms with Crippen LogP contribution in [0, 0.1) is 5.41 Å². The van der Waals surface area contributed by atoms with Gasteiger partial charge in [0.1, 0.15) is 12.2 Å². The number of carbonyl (C=O) groups is 2. The van der Waals surface area contributed by atoms with Crippen molar-refractivity contribution in [3.8, 4) is 0 Å². The molecule has 20 heavy (non-hydrogen) atoms. The van der Waals surface area contributed by atoms with Crippen LogP contribution >= 0.6 is 0 Å². The van der Waals surface area contributed by atoms with Crippen LogP contribution in [0.5, 0.6) is 0 Å². The monoisotopic (exact) mass is 274 g/mol. The van der Waals surface area contributed by atoms with Crippen molar-refractivity contribution in [3.63, 3.8) is 0 Å². The molecule has 1 aliphatic heterocycles. The zero-order valence-electron chi connectivity index (χ0n) is 11.9. The lowest BCUT2D eigenvalue weighted by molar-refractivity contribution is -0.168. The number of ether oxygens (including phenoxy) is 2. The van der Waals surface area contributed by atoms with Gasteiger partial charge in [-0.15, -0.1) is 0 Å². The first-order valence-corrected chi connectivity index (χ1v) is 6.78. The van der Waals surface area contributed by atoms with Crippen LogP contribution < -0.4 is 0 Å². The Morgan fingerprint density at radius 2 is 1.90 bits per heavy atom. The normalized spacial score (nSPS) is 31.4. The fourth-order valence-electron chi connectivity index (χ4n) is 3.07. The third kappa shape index (κ3) is 1.60. The van der Waals surface area contributed by atoms with Gasteiger partial charge >= 0.3 is 11.9 Å². The Bertz CT molecular complexity index is 572. The molecule has 0 N–H and O–H groups in total. The molecule has 1 aliphatic carbocycles. The van der Waals surface area contributed by atoms with Crippen LogP contribution in [0.4, 0.5) is 0 Å². The van der Waals surface area contributed by atoms with Gasteiger partial charge in [-0.1, -0.05) is 30.3 Å². The Labute approximate surface area is 118 Å². The minimum absolute atomic E-state index is 0.259. The quantitative estimate of drug-likeness (QED) is 0.613. The summed E-state index contributed by atoms with van der Waals surface area (Å²) in [5, 5.41) is 0. The van der Waals surface area contributed by atoms with Gasteiger partial charge in [0.25, 0.3) is 0 Å². The molecule has 0 bridgehead atoms. The second-order valence-electron chi connectivity index (χ2n) is 6.61. The maximum atomic E-state index is 12.5. The molecule has 0 radical (unpaired) electrons. The van der Waals surface area contributed by atoms with E-state index in [1.54, 1.807) is 20.8 Å². The van der Waals surface area contributed by atoms with Crippen molar-refractivity contribution < 1.29 is 19.1 Å². The molecular weight excluding hydrogens is 256 g/mol. The second-order valence-corrected chi connectivity index (χ2v) is 6.61. The van der Waals surface area contributed by atoms with Gasteiger partial charge in [-0.3, -0.25) is 9.59 Å². The summed E-state index contributed by atoms with van der Waals surface area (Å²) in [5.41, 5.74) is -1.31. The summed E-state index contributed by atoms with van der Waals surface area (Å²) in [6.07, 6.45) is 0.484. The lowest BCUT2D eigenvalue weighted by Gasteiger charge is -2.22. The molecule has 4 heteroatoms. The molecule has 2 fully saturated rings. The number of esters is 2. The van der Waals surface area contributed by atoms with Crippen molar-refractivity contribution in [2.75, 3.05) is 6.61 Å². The van der Waals surface area contributed by atoms with Crippen LogP contribution in [-0.4, -0.2) is 24.1 Å². The average Bonchev–Trinajstić information content (AvgIpc) is 2.99. The first-order valence-electron chi connectivity index (χ1n) is 6.78. The fraction of sp³-hybridized carbons (Fsp3) is 0.500. The lowest BCUT2D eigenvalue weighted by Crippen LogP contribution is -2.36. The molecule has 1 aromatic rings. The van der Waals surface area contributed by atoms with Gasteiger partial charge in [0.05, 0.1) is 5.41 Å². The number of benzene rings is 1. The molecular formula is C16H18O4. The first kappa shape index (κ1) is 13.2. The van der Waals surface area contributed by atoms with E-state index in [4.69, 9.17) is 9.47 Å². The van der Waals surface area contributed by atoms with Crippen LogP contribution in [0.15, 0.2) is 30.3 Å². The number of fused-ring (bicyclic) bond motifs is 1. The van der Waals surface area contributed by atoms with Crippen molar-refractivity contribution in [3.05, 3.63) is 35.9 Å². The first-order chi connectivity index (χ1) is 9.32. The molecule has 0 unspecified atom stereocenters. The van der Waals surface area contributed by atoms with Crippen LogP contribution in [0.25, 0.3) is 0 Å². The Morgan fingerprint density at radius 3 is 2.50 bits per heavy atom. The van der Waals surface area contributed by atoms with Gasteiger partial charge in [-0.25, -0.2) is 0 Å². The van der Waals surface area contributed by atoms with E-state index in [0.29, 0.717) is 6.42 Å². The summed E-state index contributed by atoms with van der Waals surface area (Å²) >= 11 is 0. The third-order valence-electron chi connectivity index (χ3n) is 4.13. The molecule has 0 spiro atoms. The number of hydrogen-bond acceptors (Lipinski definition) is 4. The molecule has 2 atom stereocenters. The summed E-state index contributed by atoms with van der Waals surface area (Å²) in [5.74, 6) is -0.910. The minimum Gasteiger partial charge on any atom is -0.464 e. The number of rotatable bonds is 2. The van der Waals surface area contributed by atoms with Crippen LogP contribution in [0.2, 0.25) is 0 Å². The molecule has 1 aromatic carbocycles. The zero-order chi connectivity index (χ0) is 14.6. The van der Waals surface area contributed by atoms with Crippen LogP contribution in [0.1, 0.15) is 32.8 Å². The maximum Gasteiger partial charge on any atom is 0.325 e. The molecule has 2 aliphatic rings. The highest BCUT2D eigenvalue weighted by Gasteiger charge is 2.83. The summed E-state index contributed by atoms with van der Waals surface area (Å²) in [6.45, 7) is 5.66. The lowest BCUT2D eigenvalue weighted by atomic mass is 9.88. The number of cyclic esters (lactones) is 1. The van der Waals surface area contributed by atoms with Gasteiger partial charge in [0, 0.05) is 0 Å². The molecule has 4 nitrogen and oxygen atoms in total. The summed E-state index contributed by atoms with van der Waals surface area (Å²) < 4.78 is 10.6. The highest BCUT2D eigenvalue weighted by molar-refractivity contribution is 6.08. The van der Waals surface area contributed by atoms with Crippen LogP contribution in [-0.2, 0) is 24.5 Å². The van der Waals surface area contributed by atoms with Crippen molar-refractivity contribution in [1.29, 1.82) is 0 Å². The molecule has 1 saturated carbocycles. The standard InChI is InChI=1S/C16H18O4/c1-14(2,3)20-13(18)16-9-15(16,10-19-12(16)17)11-7-5-4-6-8-11/h4-8H,9-10H2,1-3H3/t15-,16-/m0/s1. The molecule has 0 amide bonds. The maximum absolute atomic E-state index is 12.5. The van der Waals surface area contributed by atoms with E-state index < -0.39 is 28.4 Å². The van der Waals surface area contributed by atoms with Crippen molar-refractivity contribution >= 4 is 11.9 Å². The summed E-state index contributed by atoms with van der Waals surface area (Å²) in [7, 11) is 0. The molecule has 1 saturated heterocycles. The van der Waals surface area contributed by atoms with Crippen molar-refractivity contribution in [2.45, 2.75) is 38.2 Å². The largest absolute Gasteiger partial charge is 0.464 e. The van der Waals surface area contributed by atoms with Gasteiger partial charge < -0.3 is 9.47 Å². The van der Waals surface area contributed by atoms with Gasteiger partial charge in [0.15, 0.2) is 5.41 Å². The molecule has 106 valence electrons. The summed E-state index contributed by atoms with van der Waals surface area (Å²) in [6, 6.07) is 9.60. The molecule has 3 rings (SSSR count). The van der Waals surface area contributed by atoms with E-state index in [2.05, 4.69) is 0 Å². The SMILES string of the molecule is CC(C)(C)OC(=O)[C@@]12C[C@@]1(c1ccccc1)COC2=O. The van der Waals surface area contributed by atoms with E-state index in [1.807, 2.05) is 30.3 Å². The van der Waals surface area contributed by atoms with Crippen LogP contribution in [0.3, 0.4) is 0 Å². The smallest absolute Gasteiger partial charge is 0.325 e. The Hall–Kier alpha value is -1.84. The average molecular weight is 274 g/mol. The fourth-order valence-corrected chi connectivity index (χ4v) is 3.07. The predicted octanol–water partition coefficient (Wildman–Crippen LogP) is 2.21. The van der Waals surface area contributed by atoms with E-state index in [9.17, 15) is 9.59 Å². The highest BCUT2D eigenvalue weighted by Crippen LogP contribution is 2.69. The summed E-state index contributed by atoms with van der Waals surface area (Å²) in [4.78, 5) is 24.6. The topological polar surface area (TPSA) is 52.6 Å². The second kappa shape index (κ2) is 3.84. The highest BCUT2D eigenvalue weighted by atomic mass is 16.6. The van der Waals surface area contributed by atoms with Gasteiger partial charge in [-0.2, -0.15) is 0 Å². The number of carbonyl (C=O) groups excluding carboxylic acids is 2. The molecule has 1 heterocycles. The van der Waals surface area contributed by atoms with E-state index in [1.165, 1.54) is 0 Å². The van der Waals surface area contributed by atoms with Crippen molar-refractivity contribution in [2.24, 2.45) is 5.41 Å². The van der Waals surface area contributed by atoms with E-state index in [0.717, 1.165) is 5.56 Å². The zero-order valence-corrected chi connectivity index (χ0v) is 11.9. The van der Waals surface area contributed by atoms with Gasteiger partial charge in [0.2, 0.25) is 0 Å². The predicted molar refractivity (Wildman–Crippen MR) is 72.0 cm³/mol. The Balaban J connectivity index is 1.97. The molecule has 0 aromatic heterocycles.